The zero-order valence-electron chi connectivity index (χ0n) is 19.1. The van der Waals surface area contributed by atoms with E-state index in [9.17, 15) is 9.59 Å². The Morgan fingerprint density at radius 3 is 2.69 bits per heavy atom. The van der Waals surface area contributed by atoms with Gasteiger partial charge in [-0.05, 0) is 31.0 Å². The van der Waals surface area contributed by atoms with Crippen molar-refractivity contribution < 1.29 is 14.3 Å². The van der Waals surface area contributed by atoms with E-state index in [1.165, 1.54) is 30.2 Å². The predicted molar refractivity (Wildman–Crippen MR) is 130 cm³/mol. The van der Waals surface area contributed by atoms with Gasteiger partial charge in [0.1, 0.15) is 5.00 Å². The second kappa shape index (κ2) is 10.2. The third kappa shape index (κ3) is 4.97. The fourth-order valence-corrected chi connectivity index (χ4v) is 5.18. The van der Waals surface area contributed by atoms with Gasteiger partial charge >= 0.3 is 5.97 Å². The van der Waals surface area contributed by atoms with Gasteiger partial charge in [0.15, 0.2) is 11.0 Å². The lowest BCUT2D eigenvalue weighted by molar-refractivity contribution is -0.113. The predicted octanol–water partition coefficient (Wildman–Crippen LogP) is 4.00. The van der Waals surface area contributed by atoms with E-state index in [-0.39, 0.29) is 11.7 Å². The molecule has 170 valence electrons. The molecule has 0 aliphatic carbocycles. The van der Waals surface area contributed by atoms with Gasteiger partial charge in [-0.2, -0.15) is 0 Å². The molecule has 0 fully saturated rings. The molecule has 2 heterocycles. The van der Waals surface area contributed by atoms with E-state index in [1.807, 2.05) is 68.7 Å². The molecule has 0 spiro atoms. The molecule has 0 saturated heterocycles. The zero-order valence-corrected chi connectivity index (χ0v) is 20.7. The van der Waals surface area contributed by atoms with Crippen molar-refractivity contribution in [3.63, 3.8) is 0 Å². The van der Waals surface area contributed by atoms with Crippen LogP contribution in [-0.2, 0) is 23.0 Å². The van der Waals surface area contributed by atoms with Crippen LogP contribution < -0.4 is 10.2 Å². The highest BCUT2D eigenvalue weighted by molar-refractivity contribution is 7.99. The topological polar surface area (TPSA) is 89.4 Å². The van der Waals surface area contributed by atoms with Crippen LogP contribution in [0.5, 0.6) is 0 Å². The van der Waals surface area contributed by atoms with Crippen LogP contribution in [0.3, 0.4) is 0 Å². The molecule has 1 aromatic carbocycles. The van der Waals surface area contributed by atoms with Gasteiger partial charge in [-0.3, -0.25) is 4.79 Å². The van der Waals surface area contributed by atoms with Gasteiger partial charge in [0.05, 0.1) is 18.4 Å². The quantitative estimate of drug-likeness (QED) is 0.391. The van der Waals surface area contributed by atoms with Crippen LogP contribution in [0.15, 0.2) is 29.4 Å². The first-order valence-corrected chi connectivity index (χ1v) is 11.9. The standard InChI is InChI=1S/C22H27N5O3S2/c1-7-16-13(2)32-20(18(16)21(29)30-6)23-17(28)12-31-22-25-24-19(27(22)5)14-9-8-10-15(11-14)26(3)4/h8-11H,7,12H2,1-6H3,(H,23,28). The van der Waals surface area contributed by atoms with Crippen LogP contribution in [0, 0.1) is 6.92 Å². The van der Waals surface area contributed by atoms with Crippen molar-refractivity contribution in [3.8, 4) is 11.4 Å². The number of aryl methyl sites for hydroxylation is 1. The summed E-state index contributed by atoms with van der Waals surface area (Å²) in [6, 6.07) is 8.03. The minimum Gasteiger partial charge on any atom is -0.465 e. The lowest BCUT2D eigenvalue weighted by Gasteiger charge is -2.13. The summed E-state index contributed by atoms with van der Waals surface area (Å²) < 4.78 is 6.79. The van der Waals surface area contributed by atoms with Crippen molar-refractivity contribution in [2.24, 2.45) is 7.05 Å². The second-order valence-electron chi connectivity index (χ2n) is 7.33. The van der Waals surface area contributed by atoms with E-state index >= 15 is 0 Å². The Bertz CT molecular complexity index is 1140. The van der Waals surface area contributed by atoms with E-state index in [1.54, 1.807) is 0 Å². The maximum atomic E-state index is 12.6. The molecule has 0 atom stereocenters. The number of nitrogens with zero attached hydrogens (tertiary/aromatic N) is 4. The minimum atomic E-state index is -0.438. The number of carbonyl (C=O) groups is 2. The number of amides is 1. The third-order valence-corrected chi connectivity index (χ3v) is 7.08. The Kier molecular flexibility index (Phi) is 7.57. The number of hydrogen-bond donors (Lipinski definition) is 1. The Morgan fingerprint density at radius 2 is 2.03 bits per heavy atom. The Morgan fingerprint density at radius 1 is 1.28 bits per heavy atom. The van der Waals surface area contributed by atoms with Crippen LogP contribution in [-0.4, -0.2) is 53.6 Å². The van der Waals surface area contributed by atoms with Crippen LogP contribution in [0.1, 0.15) is 27.7 Å². The number of hydrogen-bond acceptors (Lipinski definition) is 8. The van der Waals surface area contributed by atoms with Gasteiger partial charge in [0, 0.05) is 37.3 Å². The summed E-state index contributed by atoms with van der Waals surface area (Å²) in [5.41, 5.74) is 3.37. The van der Waals surface area contributed by atoms with Gasteiger partial charge in [-0.1, -0.05) is 30.8 Å². The molecule has 0 saturated carbocycles. The lowest BCUT2D eigenvalue weighted by atomic mass is 10.1. The average Bonchev–Trinajstić information content (AvgIpc) is 3.30. The molecule has 3 rings (SSSR count). The minimum absolute atomic E-state index is 0.142. The van der Waals surface area contributed by atoms with Crippen molar-refractivity contribution in [3.05, 3.63) is 40.3 Å². The van der Waals surface area contributed by atoms with E-state index < -0.39 is 5.97 Å². The Labute approximate surface area is 196 Å². The first-order valence-electron chi connectivity index (χ1n) is 10.1. The largest absolute Gasteiger partial charge is 0.465 e. The van der Waals surface area contributed by atoms with E-state index in [4.69, 9.17) is 4.74 Å². The average molecular weight is 474 g/mol. The normalized spacial score (nSPS) is 10.8. The maximum absolute atomic E-state index is 12.6. The molecule has 0 radical (unpaired) electrons. The summed E-state index contributed by atoms with van der Waals surface area (Å²) in [6.45, 7) is 3.91. The number of esters is 1. The monoisotopic (exact) mass is 473 g/mol. The van der Waals surface area contributed by atoms with Crippen molar-refractivity contribution in [2.45, 2.75) is 25.4 Å². The smallest absolute Gasteiger partial charge is 0.341 e. The number of rotatable bonds is 8. The highest BCUT2D eigenvalue weighted by atomic mass is 32.2. The van der Waals surface area contributed by atoms with E-state index in [2.05, 4.69) is 15.5 Å². The van der Waals surface area contributed by atoms with Gasteiger partial charge in [0.25, 0.3) is 0 Å². The number of anilines is 2. The summed E-state index contributed by atoms with van der Waals surface area (Å²) in [6.07, 6.45) is 0.689. The Balaban J connectivity index is 1.72. The molecule has 0 aliphatic rings. The fourth-order valence-electron chi connectivity index (χ4n) is 3.32. The molecule has 1 N–H and O–H groups in total. The molecular formula is C22H27N5O3S2. The molecule has 3 aromatic rings. The Hall–Kier alpha value is -2.85. The molecule has 32 heavy (non-hydrogen) atoms. The molecule has 8 nitrogen and oxygen atoms in total. The first-order chi connectivity index (χ1) is 15.3. The van der Waals surface area contributed by atoms with Crippen molar-refractivity contribution >= 4 is 45.7 Å². The van der Waals surface area contributed by atoms with Crippen LogP contribution in [0.4, 0.5) is 10.7 Å². The van der Waals surface area contributed by atoms with Crippen molar-refractivity contribution in [1.82, 2.24) is 14.8 Å². The highest BCUT2D eigenvalue weighted by Gasteiger charge is 2.23. The molecule has 0 aliphatic heterocycles. The lowest BCUT2D eigenvalue weighted by Crippen LogP contribution is -2.16. The molecule has 0 unspecified atom stereocenters. The van der Waals surface area contributed by atoms with Crippen molar-refractivity contribution in [1.29, 1.82) is 0 Å². The van der Waals surface area contributed by atoms with Crippen LogP contribution in [0.25, 0.3) is 11.4 Å². The molecule has 1 amide bonds. The van der Waals surface area contributed by atoms with Gasteiger partial charge in [-0.15, -0.1) is 21.5 Å². The number of benzene rings is 1. The number of thiophene rings is 1. The number of nitrogens with one attached hydrogen (secondary N) is 1. The zero-order chi connectivity index (χ0) is 23.4. The van der Waals surface area contributed by atoms with Gasteiger partial charge in [0.2, 0.25) is 5.91 Å². The summed E-state index contributed by atoms with van der Waals surface area (Å²) in [7, 11) is 7.19. The van der Waals surface area contributed by atoms with E-state index in [0.717, 1.165) is 27.5 Å². The van der Waals surface area contributed by atoms with Gasteiger partial charge in [-0.25, -0.2) is 4.79 Å². The summed E-state index contributed by atoms with van der Waals surface area (Å²) in [5.74, 6) is 0.212. The van der Waals surface area contributed by atoms with Crippen LogP contribution in [0.2, 0.25) is 0 Å². The molecular weight excluding hydrogens is 446 g/mol. The fraction of sp³-hybridized carbons (Fsp3) is 0.364. The third-order valence-electron chi connectivity index (χ3n) is 4.99. The number of ether oxygens (including phenoxy) is 1. The van der Waals surface area contributed by atoms with Gasteiger partial charge < -0.3 is 19.5 Å². The number of carbonyl (C=O) groups excluding carboxylic acids is 2. The summed E-state index contributed by atoms with van der Waals surface area (Å²) in [4.78, 5) is 27.9. The number of methoxy groups -OCH3 is 1. The highest BCUT2D eigenvalue weighted by Crippen LogP contribution is 2.34. The molecule has 2 aromatic heterocycles. The molecule has 0 bridgehead atoms. The number of thioether (sulfide) groups is 1. The second-order valence-corrected chi connectivity index (χ2v) is 9.50. The maximum Gasteiger partial charge on any atom is 0.341 e. The first kappa shape index (κ1) is 23.8. The SMILES string of the molecule is CCc1c(C)sc(NC(=O)CSc2nnc(-c3cccc(N(C)C)c3)n2C)c1C(=O)OC. The number of aromatic nitrogens is 3. The molecule has 10 heteroatoms. The van der Waals surface area contributed by atoms with E-state index in [0.29, 0.717) is 22.1 Å². The summed E-state index contributed by atoms with van der Waals surface area (Å²) in [5, 5.41) is 12.6. The summed E-state index contributed by atoms with van der Waals surface area (Å²) >= 11 is 2.68. The van der Waals surface area contributed by atoms with Crippen molar-refractivity contribution in [2.75, 3.05) is 37.2 Å². The van der Waals surface area contributed by atoms with Crippen LogP contribution >= 0.6 is 23.1 Å².